The van der Waals surface area contributed by atoms with Crippen LogP contribution in [0.25, 0.3) is 16.9 Å². The van der Waals surface area contributed by atoms with E-state index in [9.17, 15) is 4.39 Å². The van der Waals surface area contributed by atoms with Crippen molar-refractivity contribution < 1.29 is 9.13 Å². The van der Waals surface area contributed by atoms with E-state index in [1.807, 2.05) is 12.1 Å². The van der Waals surface area contributed by atoms with Gasteiger partial charge in [0.15, 0.2) is 5.65 Å². The molecular formula is C19H23FN4O. The molecule has 0 saturated carbocycles. The molecule has 0 aliphatic carbocycles. The molecule has 0 amide bonds. The molecular weight excluding hydrogens is 319 g/mol. The molecule has 0 N–H and O–H groups in total. The van der Waals surface area contributed by atoms with Crippen LogP contribution in [0.4, 0.5) is 4.39 Å². The van der Waals surface area contributed by atoms with Crippen molar-refractivity contribution in [3.8, 4) is 17.1 Å². The van der Waals surface area contributed by atoms with Gasteiger partial charge in [0.25, 0.3) is 0 Å². The lowest BCUT2D eigenvalue weighted by Crippen LogP contribution is -2.25. The van der Waals surface area contributed by atoms with E-state index >= 15 is 0 Å². The van der Waals surface area contributed by atoms with Crippen LogP contribution in [0.1, 0.15) is 20.3 Å². The molecule has 0 spiro atoms. The zero-order chi connectivity index (χ0) is 17.6. The lowest BCUT2D eigenvalue weighted by molar-refractivity contribution is 0.242. The van der Waals surface area contributed by atoms with Gasteiger partial charge in [-0.3, -0.25) is 0 Å². The molecule has 3 rings (SSSR count). The Labute approximate surface area is 147 Å². The number of halogens is 1. The number of aromatic nitrogens is 3. The standard InChI is InChI=1S/C19H23FN4O/c1-3-23(4-2)12-5-13-25-19-11-10-18-21-14-17(24(18)22-19)15-6-8-16(20)9-7-15/h6-11,14H,3-5,12-13H2,1-2H3. The topological polar surface area (TPSA) is 42.7 Å². The fourth-order valence-corrected chi connectivity index (χ4v) is 2.76. The Bertz CT molecular complexity index is 812. The molecule has 1 aromatic carbocycles. The summed E-state index contributed by atoms with van der Waals surface area (Å²) in [5.74, 6) is 0.302. The number of fused-ring (bicyclic) bond motifs is 1. The van der Waals surface area contributed by atoms with Crippen molar-refractivity contribution in [3.05, 3.63) is 48.4 Å². The number of ether oxygens (including phenoxy) is 1. The summed E-state index contributed by atoms with van der Waals surface area (Å²) in [6.45, 7) is 8.07. The zero-order valence-corrected chi connectivity index (χ0v) is 14.7. The Kier molecular flexibility index (Phi) is 5.60. The highest BCUT2D eigenvalue weighted by Crippen LogP contribution is 2.21. The summed E-state index contributed by atoms with van der Waals surface area (Å²) >= 11 is 0. The summed E-state index contributed by atoms with van der Waals surface area (Å²) in [6, 6.07) is 10.0. The summed E-state index contributed by atoms with van der Waals surface area (Å²) < 4.78 is 20.6. The van der Waals surface area contributed by atoms with Gasteiger partial charge in [0.05, 0.1) is 18.5 Å². The van der Waals surface area contributed by atoms with Crippen molar-refractivity contribution in [1.29, 1.82) is 0 Å². The Morgan fingerprint density at radius 2 is 1.84 bits per heavy atom. The van der Waals surface area contributed by atoms with Gasteiger partial charge in [0.2, 0.25) is 5.88 Å². The highest BCUT2D eigenvalue weighted by molar-refractivity contribution is 5.62. The minimum Gasteiger partial charge on any atom is -0.477 e. The molecule has 6 heteroatoms. The van der Waals surface area contributed by atoms with Crippen LogP contribution < -0.4 is 4.74 Å². The van der Waals surface area contributed by atoms with Crippen LogP contribution in [-0.2, 0) is 0 Å². The number of rotatable bonds is 8. The van der Waals surface area contributed by atoms with Gasteiger partial charge in [-0.05, 0) is 49.8 Å². The first kappa shape index (κ1) is 17.4. The summed E-state index contributed by atoms with van der Waals surface area (Å²) in [5.41, 5.74) is 2.40. The van der Waals surface area contributed by atoms with E-state index in [0.29, 0.717) is 12.5 Å². The van der Waals surface area contributed by atoms with E-state index in [2.05, 4.69) is 28.8 Å². The molecule has 0 aliphatic rings. The van der Waals surface area contributed by atoms with Crippen LogP contribution in [0.2, 0.25) is 0 Å². The Morgan fingerprint density at radius 1 is 1.08 bits per heavy atom. The van der Waals surface area contributed by atoms with Crippen molar-refractivity contribution in [3.63, 3.8) is 0 Å². The van der Waals surface area contributed by atoms with Crippen LogP contribution in [-0.4, -0.2) is 45.7 Å². The number of hydrogen-bond acceptors (Lipinski definition) is 4. The molecule has 0 bridgehead atoms. The Hall–Kier alpha value is -2.47. The van der Waals surface area contributed by atoms with E-state index in [1.165, 1.54) is 12.1 Å². The third kappa shape index (κ3) is 4.14. The van der Waals surface area contributed by atoms with Crippen LogP contribution in [0.15, 0.2) is 42.6 Å². The van der Waals surface area contributed by atoms with Crippen LogP contribution >= 0.6 is 0 Å². The summed E-state index contributed by atoms with van der Waals surface area (Å²) in [7, 11) is 0. The number of hydrogen-bond donors (Lipinski definition) is 0. The maximum Gasteiger partial charge on any atom is 0.231 e. The molecule has 0 atom stereocenters. The lowest BCUT2D eigenvalue weighted by atomic mass is 10.2. The average Bonchev–Trinajstić information content (AvgIpc) is 3.06. The van der Waals surface area contributed by atoms with Gasteiger partial charge in [-0.15, -0.1) is 5.10 Å². The summed E-state index contributed by atoms with van der Waals surface area (Å²) in [5, 5.41) is 4.52. The highest BCUT2D eigenvalue weighted by Gasteiger charge is 2.09. The summed E-state index contributed by atoms with van der Waals surface area (Å²) in [4.78, 5) is 6.71. The monoisotopic (exact) mass is 342 g/mol. The van der Waals surface area contributed by atoms with Crippen molar-refractivity contribution in [2.75, 3.05) is 26.2 Å². The molecule has 0 unspecified atom stereocenters. The molecule has 25 heavy (non-hydrogen) atoms. The first-order chi connectivity index (χ1) is 12.2. The molecule has 132 valence electrons. The molecule has 3 aromatic rings. The fourth-order valence-electron chi connectivity index (χ4n) is 2.76. The SMILES string of the molecule is CCN(CC)CCCOc1ccc2ncc(-c3ccc(F)cc3)n2n1. The zero-order valence-electron chi connectivity index (χ0n) is 14.7. The normalized spacial score (nSPS) is 11.4. The highest BCUT2D eigenvalue weighted by atomic mass is 19.1. The van der Waals surface area contributed by atoms with E-state index in [4.69, 9.17) is 4.74 Å². The average molecular weight is 342 g/mol. The molecule has 2 heterocycles. The Morgan fingerprint density at radius 3 is 2.56 bits per heavy atom. The van der Waals surface area contributed by atoms with E-state index in [1.54, 1.807) is 22.8 Å². The van der Waals surface area contributed by atoms with Crippen LogP contribution in [0.5, 0.6) is 5.88 Å². The minimum absolute atomic E-state index is 0.261. The van der Waals surface area contributed by atoms with Gasteiger partial charge < -0.3 is 9.64 Å². The fraction of sp³-hybridized carbons (Fsp3) is 0.368. The first-order valence-electron chi connectivity index (χ1n) is 8.67. The molecule has 0 aliphatic heterocycles. The Balaban J connectivity index is 1.71. The van der Waals surface area contributed by atoms with E-state index < -0.39 is 0 Å². The number of benzene rings is 1. The van der Waals surface area contributed by atoms with Crippen molar-refractivity contribution in [2.45, 2.75) is 20.3 Å². The maximum absolute atomic E-state index is 13.1. The van der Waals surface area contributed by atoms with Crippen molar-refractivity contribution in [1.82, 2.24) is 19.5 Å². The van der Waals surface area contributed by atoms with Gasteiger partial charge in [0.1, 0.15) is 5.82 Å². The third-order valence-corrected chi connectivity index (χ3v) is 4.24. The summed E-state index contributed by atoms with van der Waals surface area (Å²) in [6.07, 6.45) is 2.69. The molecule has 0 saturated heterocycles. The van der Waals surface area contributed by atoms with E-state index in [0.717, 1.165) is 43.0 Å². The molecule has 2 aromatic heterocycles. The number of imidazole rings is 1. The van der Waals surface area contributed by atoms with Crippen LogP contribution in [0.3, 0.4) is 0 Å². The second-order valence-corrected chi connectivity index (χ2v) is 5.82. The van der Waals surface area contributed by atoms with Gasteiger partial charge in [-0.2, -0.15) is 0 Å². The van der Waals surface area contributed by atoms with Gasteiger partial charge in [-0.25, -0.2) is 13.9 Å². The van der Waals surface area contributed by atoms with Crippen LogP contribution in [0, 0.1) is 5.82 Å². The van der Waals surface area contributed by atoms with Gasteiger partial charge in [0, 0.05) is 18.2 Å². The third-order valence-electron chi connectivity index (χ3n) is 4.24. The molecule has 0 radical (unpaired) electrons. The quantitative estimate of drug-likeness (QED) is 0.586. The second-order valence-electron chi connectivity index (χ2n) is 5.82. The van der Waals surface area contributed by atoms with Crippen molar-refractivity contribution in [2.24, 2.45) is 0 Å². The predicted molar refractivity (Wildman–Crippen MR) is 96.3 cm³/mol. The largest absolute Gasteiger partial charge is 0.477 e. The van der Waals surface area contributed by atoms with Crippen molar-refractivity contribution >= 4 is 5.65 Å². The second kappa shape index (κ2) is 8.07. The smallest absolute Gasteiger partial charge is 0.231 e. The van der Waals surface area contributed by atoms with Gasteiger partial charge >= 0.3 is 0 Å². The minimum atomic E-state index is -0.261. The molecule has 5 nitrogen and oxygen atoms in total. The lowest BCUT2D eigenvalue weighted by Gasteiger charge is -2.17. The van der Waals surface area contributed by atoms with Gasteiger partial charge in [-0.1, -0.05) is 13.8 Å². The predicted octanol–water partition coefficient (Wildman–Crippen LogP) is 3.65. The first-order valence-corrected chi connectivity index (χ1v) is 8.67. The number of nitrogens with zero attached hydrogens (tertiary/aromatic N) is 4. The van der Waals surface area contributed by atoms with E-state index in [-0.39, 0.29) is 5.82 Å². The molecule has 0 fully saturated rings. The maximum atomic E-state index is 13.1.